The minimum Gasteiger partial charge on any atom is -0.351 e. The highest BCUT2D eigenvalue weighted by molar-refractivity contribution is 7.90. The molecule has 0 fully saturated rings. The largest absolute Gasteiger partial charge is 0.351 e. The van der Waals surface area contributed by atoms with Gasteiger partial charge in [0.2, 0.25) is 0 Å². The van der Waals surface area contributed by atoms with Crippen molar-refractivity contribution in [3.8, 4) is 11.5 Å². The lowest BCUT2D eigenvalue weighted by Gasteiger charge is -2.08. The van der Waals surface area contributed by atoms with Gasteiger partial charge in [-0.3, -0.25) is 4.40 Å². The van der Waals surface area contributed by atoms with Gasteiger partial charge in [0.25, 0.3) is 0 Å². The Morgan fingerprint density at radius 2 is 1.81 bits per heavy atom. The summed E-state index contributed by atoms with van der Waals surface area (Å²) in [6.45, 7) is 6.57. The third-order valence-corrected chi connectivity index (χ3v) is 5.55. The van der Waals surface area contributed by atoms with E-state index in [9.17, 15) is 8.42 Å². The number of benzene rings is 1. The summed E-state index contributed by atoms with van der Waals surface area (Å²) in [6.07, 6.45) is 6.30. The van der Waals surface area contributed by atoms with Gasteiger partial charge in [-0.15, -0.1) is 5.54 Å². The van der Waals surface area contributed by atoms with E-state index >= 15 is 0 Å². The van der Waals surface area contributed by atoms with E-state index in [0.29, 0.717) is 5.65 Å². The summed E-state index contributed by atoms with van der Waals surface area (Å²) in [5, 5.41) is 3.23. The molecule has 0 aliphatic heterocycles. The molecule has 0 saturated heterocycles. The number of anilines is 2. The molecule has 6 nitrogen and oxygen atoms in total. The molecule has 3 rings (SSSR count). The van der Waals surface area contributed by atoms with Crippen molar-refractivity contribution in [1.82, 2.24) is 14.4 Å². The molecule has 3 aromatic rings. The summed E-state index contributed by atoms with van der Waals surface area (Å²) in [4.78, 5) is 8.98. The van der Waals surface area contributed by atoms with Gasteiger partial charge in [0.1, 0.15) is 25.8 Å². The molecule has 0 saturated carbocycles. The number of nitrogens with zero attached hydrogens (tertiary/aromatic N) is 3. The number of sulfone groups is 1. The first-order chi connectivity index (χ1) is 12.1. The zero-order valence-corrected chi connectivity index (χ0v) is 16.9. The zero-order valence-electron chi connectivity index (χ0n) is 15.1. The molecule has 26 heavy (non-hydrogen) atoms. The highest BCUT2D eigenvalue weighted by Gasteiger charge is 2.11. The highest BCUT2D eigenvalue weighted by Crippen LogP contribution is 2.22. The molecule has 0 bridgehead atoms. The van der Waals surface area contributed by atoms with E-state index in [0.717, 1.165) is 17.1 Å². The second-order valence-electron chi connectivity index (χ2n) is 7.07. The number of nitrogens with one attached hydrogen (secondary N) is 1. The molecule has 0 aliphatic rings. The minimum atomic E-state index is -3.21. The number of fused-ring (bicyclic) bond motifs is 1. The van der Waals surface area contributed by atoms with E-state index in [4.69, 9.17) is 0 Å². The molecule has 8 heteroatoms. The molecule has 0 atom stereocenters. The fourth-order valence-corrected chi connectivity index (χ4v) is 3.42. The summed E-state index contributed by atoms with van der Waals surface area (Å²) >= 11 is 0. The first-order valence-corrected chi connectivity index (χ1v) is 13.4. The van der Waals surface area contributed by atoms with E-state index < -0.39 is 17.9 Å². The molecule has 0 spiro atoms. The van der Waals surface area contributed by atoms with E-state index in [1.807, 2.05) is 4.40 Å². The average Bonchev–Trinajstić information content (AvgIpc) is 2.96. The van der Waals surface area contributed by atoms with Crippen LogP contribution in [0.15, 0.2) is 47.9 Å². The van der Waals surface area contributed by atoms with Gasteiger partial charge < -0.3 is 5.32 Å². The molecule has 0 radical (unpaired) electrons. The molecule has 0 aliphatic carbocycles. The van der Waals surface area contributed by atoms with E-state index in [1.54, 1.807) is 43.0 Å². The van der Waals surface area contributed by atoms with Crippen LogP contribution in [0.25, 0.3) is 5.65 Å². The third-order valence-electron chi connectivity index (χ3n) is 3.55. The maximum absolute atomic E-state index is 11.6. The van der Waals surface area contributed by atoms with Gasteiger partial charge in [-0.1, -0.05) is 25.6 Å². The van der Waals surface area contributed by atoms with Crippen molar-refractivity contribution in [1.29, 1.82) is 0 Å². The molecule has 1 N–H and O–H groups in total. The smallest absolute Gasteiger partial charge is 0.175 e. The van der Waals surface area contributed by atoms with Gasteiger partial charge >= 0.3 is 0 Å². The molecule has 2 aromatic heterocycles. The standard InChI is InChI=1S/C18H20N4O2SSi/c1-25(23,24)16-7-5-14(6-8-16)21-17-12-19-13-22-15(11-20-18(17)22)9-10-26(2,3)4/h5-8,11-13,21H,1-4H3. The Kier molecular flexibility index (Phi) is 4.60. The van der Waals surface area contributed by atoms with Crippen molar-refractivity contribution in [3.05, 3.63) is 48.7 Å². The van der Waals surface area contributed by atoms with Crippen molar-refractivity contribution in [2.75, 3.05) is 11.6 Å². The fraction of sp³-hybridized carbons (Fsp3) is 0.222. The lowest BCUT2D eigenvalue weighted by molar-refractivity contribution is 0.602. The molecule has 1 aromatic carbocycles. The predicted molar refractivity (Wildman–Crippen MR) is 106 cm³/mol. The van der Waals surface area contributed by atoms with Crippen molar-refractivity contribution in [3.63, 3.8) is 0 Å². The summed E-state index contributed by atoms with van der Waals surface area (Å²) < 4.78 is 25.0. The van der Waals surface area contributed by atoms with Crippen LogP contribution in [0.4, 0.5) is 11.4 Å². The molecule has 2 heterocycles. The Bertz CT molecular complexity index is 1120. The summed E-state index contributed by atoms with van der Waals surface area (Å²) in [5.41, 5.74) is 6.32. The average molecular weight is 385 g/mol. The van der Waals surface area contributed by atoms with Crippen LogP contribution in [0.5, 0.6) is 0 Å². The van der Waals surface area contributed by atoms with Gasteiger partial charge in [-0.05, 0) is 24.3 Å². The molecular formula is C18H20N4O2SSi. The number of hydrogen-bond acceptors (Lipinski definition) is 5. The minimum absolute atomic E-state index is 0.282. The van der Waals surface area contributed by atoms with Gasteiger partial charge in [-0.2, -0.15) is 0 Å². The lowest BCUT2D eigenvalue weighted by Crippen LogP contribution is -2.16. The van der Waals surface area contributed by atoms with Gasteiger partial charge in [0, 0.05) is 11.9 Å². The van der Waals surface area contributed by atoms with Crippen LogP contribution in [0.2, 0.25) is 19.6 Å². The van der Waals surface area contributed by atoms with Crippen LogP contribution in [-0.2, 0) is 9.84 Å². The molecule has 0 amide bonds. The zero-order chi connectivity index (χ0) is 18.9. The number of aromatic nitrogens is 3. The lowest BCUT2D eigenvalue weighted by atomic mass is 10.3. The van der Waals surface area contributed by atoms with Gasteiger partial charge in [-0.25, -0.2) is 18.4 Å². The van der Waals surface area contributed by atoms with Crippen molar-refractivity contribution < 1.29 is 8.42 Å². The van der Waals surface area contributed by atoms with Crippen LogP contribution in [0, 0.1) is 11.5 Å². The maximum atomic E-state index is 11.6. The van der Waals surface area contributed by atoms with E-state index in [-0.39, 0.29) is 4.90 Å². The Morgan fingerprint density at radius 1 is 1.12 bits per heavy atom. The third kappa shape index (κ3) is 4.12. The monoisotopic (exact) mass is 384 g/mol. The molecule has 0 unspecified atom stereocenters. The fourth-order valence-electron chi connectivity index (χ4n) is 2.28. The van der Waals surface area contributed by atoms with Crippen molar-refractivity contribution in [2.45, 2.75) is 24.5 Å². The summed E-state index contributed by atoms with van der Waals surface area (Å²) in [6, 6.07) is 6.58. The number of rotatable bonds is 3. The maximum Gasteiger partial charge on any atom is 0.175 e. The Morgan fingerprint density at radius 3 is 2.42 bits per heavy atom. The second-order valence-corrected chi connectivity index (χ2v) is 13.8. The van der Waals surface area contributed by atoms with Crippen LogP contribution >= 0.6 is 0 Å². The van der Waals surface area contributed by atoms with Crippen molar-refractivity contribution in [2.24, 2.45) is 0 Å². The topological polar surface area (TPSA) is 76.4 Å². The normalized spacial score (nSPS) is 11.8. The SMILES string of the molecule is C[Si](C)(C)C#Cc1cnc2c(Nc3ccc(S(C)(=O)=O)cc3)cncn12. The van der Waals surface area contributed by atoms with Crippen LogP contribution in [0.3, 0.4) is 0 Å². The van der Waals surface area contributed by atoms with E-state index in [1.165, 1.54) is 6.26 Å². The first-order valence-electron chi connectivity index (χ1n) is 8.05. The Hall–Kier alpha value is -2.63. The Labute approximate surface area is 154 Å². The molecular weight excluding hydrogens is 364 g/mol. The summed E-state index contributed by atoms with van der Waals surface area (Å²) in [7, 11) is -4.69. The number of imidazole rings is 1. The number of hydrogen-bond donors (Lipinski definition) is 1. The van der Waals surface area contributed by atoms with Crippen LogP contribution in [-0.4, -0.2) is 37.1 Å². The first kappa shape index (κ1) is 18.2. The van der Waals surface area contributed by atoms with E-state index in [2.05, 4.69) is 46.4 Å². The van der Waals surface area contributed by atoms with Crippen molar-refractivity contribution >= 4 is 34.9 Å². The van der Waals surface area contributed by atoms with Crippen LogP contribution < -0.4 is 5.32 Å². The highest BCUT2D eigenvalue weighted by atomic mass is 32.2. The van der Waals surface area contributed by atoms with Crippen LogP contribution in [0.1, 0.15) is 5.69 Å². The molecule has 134 valence electrons. The predicted octanol–water partition coefficient (Wildman–Crippen LogP) is 3.11. The second kappa shape index (κ2) is 6.59. The Balaban J connectivity index is 1.94. The van der Waals surface area contributed by atoms with Gasteiger partial charge in [0.05, 0.1) is 17.3 Å². The quantitative estimate of drug-likeness (QED) is 0.555. The van der Waals surface area contributed by atoms with Gasteiger partial charge in [0.15, 0.2) is 15.5 Å². The summed E-state index contributed by atoms with van der Waals surface area (Å²) in [5.74, 6) is 3.20.